The van der Waals surface area contributed by atoms with Crippen LogP contribution in [0, 0.1) is 6.92 Å². The molecular formula is C15H20BrN3O. The highest BCUT2D eigenvalue weighted by Crippen LogP contribution is 2.28. The predicted molar refractivity (Wildman–Crippen MR) is 83.7 cm³/mol. The molecule has 0 bridgehead atoms. The Kier molecular flexibility index (Phi) is 4.83. The number of ether oxygens (including phenoxy) is 1. The fourth-order valence-corrected chi connectivity index (χ4v) is 2.80. The van der Waals surface area contributed by atoms with Crippen molar-refractivity contribution in [2.75, 3.05) is 0 Å². The van der Waals surface area contributed by atoms with Crippen LogP contribution in [0.5, 0.6) is 5.75 Å². The fourth-order valence-electron chi connectivity index (χ4n) is 2.18. The minimum absolute atomic E-state index is 0.460. The molecule has 20 heavy (non-hydrogen) atoms. The van der Waals surface area contributed by atoms with Gasteiger partial charge in [0.1, 0.15) is 12.4 Å². The molecule has 2 N–H and O–H groups in total. The summed E-state index contributed by atoms with van der Waals surface area (Å²) in [7, 11) is 1.94. The van der Waals surface area contributed by atoms with E-state index in [-0.39, 0.29) is 0 Å². The van der Waals surface area contributed by atoms with Crippen molar-refractivity contribution in [3.8, 4) is 5.75 Å². The van der Waals surface area contributed by atoms with Crippen molar-refractivity contribution >= 4 is 15.9 Å². The predicted octanol–water partition coefficient (Wildman–Crippen LogP) is 3.09. The molecule has 2 rings (SSSR count). The van der Waals surface area contributed by atoms with Crippen LogP contribution in [0.1, 0.15) is 29.4 Å². The highest BCUT2D eigenvalue weighted by Gasteiger charge is 2.10. The minimum Gasteiger partial charge on any atom is -0.487 e. The molecule has 0 aliphatic rings. The van der Waals surface area contributed by atoms with Gasteiger partial charge in [0, 0.05) is 23.6 Å². The van der Waals surface area contributed by atoms with Gasteiger partial charge in [0.2, 0.25) is 0 Å². The van der Waals surface area contributed by atoms with E-state index in [1.165, 1.54) is 0 Å². The maximum Gasteiger partial charge on any atom is 0.130 e. The van der Waals surface area contributed by atoms with Gasteiger partial charge in [0.05, 0.1) is 11.4 Å². The molecule has 0 fully saturated rings. The first kappa shape index (κ1) is 15.1. The average Bonchev–Trinajstić information content (AvgIpc) is 2.77. The summed E-state index contributed by atoms with van der Waals surface area (Å²) < 4.78 is 8.87. The molecule has 1 heterocycles. The van der Waals surface area contributed by atoms with Gasteiger partial charge in [0.15, 0.2) is 0 Å². The second kappa shape index (κ2) is 6.41. The molecule has 2 aromatic rings. The molecule has 0 aliphatic heterocycles. The van der Waals surface area contributed by atoms with E-state index in [1.54, 1.807) is 0 Å². The molecule has 0 saturated carbocycles. The monoisotopic (exact) mass is 337 g/mol. The minimum atomic E-state index is 0.460. The summed E-state index contributed by atoms with van der Waals surface area (Å²) >= 11 is 3.48. The summed E-state index contributed by atoms with van der Waals surface area (Å²) in [6.07, 6.45) is 0.930. The summed E-state index contributed by atoms with van der Waals surface area (Å²) in [4.78, 5) is 0. The van der Waals surface area contributed by atoms with Crippen molar-refractivity contribution in [1.82, 2.24) is 9.78 Å². The lowest BCUT2D eigenvalue weighted by Gasteiger charge is -2.14. The van der Waals surface area contributed by atoms with Crippen molar-refractivity contribution in [2.24, 2.45) is 12.8 Å². The van der Waals surface area contributed by atoms with Crippen LogP contribution in [0.15, 0.2) is 22.7 Å². The Morgan fingerprint density at radius 2 is 2.10 bits per heavy atom. The van der Waals surface area contributed by atoms with Crippen LogP contribution < -0.4 is 10.5 Å². The van der Waals surface area contributed by atoms with Gasteiger partial charge in [-0.05, 0) is 37.1 Å². The Morgan fingerprint density at radius 1 is 1.35 bits per heavy atom. The van der Waals surface area contributed by atoms with Crippen LogP contribution in [0.2, 0.25) is 0 Å². The van der Waals surface area contributed by atoms with E-state index in [0.717, 1.165) is 39.2 Å². The molecule has 0 radical (unpaired) electrons. The Bertz CT molecular complexity index is 607. The van der Waals surface area contributed by atoms with E-state index >= 15 is 0 Å². The van der Waals surface area contributed by atoms with Crippen LogP contribution in [-0.4, -0.2) is 9.78 Å². The second-order valence-corrected chi connectivity index (χ2v) is 5.72. The maximum absolute atomic E-state index is 5.98. The maximum atomic E-state index is 5.98. The molecule has 5 heteroatoms. The number of aryl methyl sites for hydroxylation is 3. The van der Waals surface area contributed by atoms with E-state index < -0.39 is 0 Å². The normalized spacial score (nSPS) is 10.8. The number of hydrogen-bond donors (Lipinski definition) is 1. The highest BCUT2D eigenvalue weighted by atomic mass is 79.9. The third-order valence-corrected chi connectivity index (χ3v) is 3.75. The van der Waals surface area contributed by atoms with Gasteiger partial charge in [-0.15, -0.1) is 0 Å². The zero-order chi connectivity index (χ0) is 14.7. The number of aromatic nitrogens is 2. The van der Waals surface area contributed by atoms with Gasteiger partial charge in [-0.25, -0.2) is 0 Å². The van der Waals surface area contributed by atoms with Gasteiger partial charge < -0.3 is 10.5 Å². The van der Waals surface area contributed by atoms with E-state index in [4.69, 9.17) is 10.5 Å². The van der Waals surface area contributed by atoms with Crippen molar-refractivity contribution in [2.45, 2.75) is 33.4 Å². The molecule has 0 amide bonds. The summed E-state index contributed by atoms with van der Waals surface area (Å²) in [5, 5.41) is 4.43. The zero-order valence-electron chi connectivity index (χ0n) is 12.1. The van der Waals surface area contributed by atoms with E-state index in [9.17, 15) is 0 Å². The van der Waals surface area contributed by atoms with Crippen LogP contribution in [0.3, 0.4) is 0 Å². The van der Waals surface area contributed by atoms with E-state index in [2.05, 4.69) is 34.0 Å². The number of hydrogen-bond acceptors (Lipinski definition) is 3. The molecule has 0 aliphatic carbocycles. The Morgan fingerprint density at radius 3 is 2.70 bits per heavy atom. The van der Waals surface area contributed by atoms with Crippen LogP contribution >= 0.6 is 15.9 Å². The van der Waals surface area contributed by atoms with Crippen molar-refractivity contribution in [3.63, 3.8) is 0 Å². The smallest absolute Gasteiger partial charge is 0.130 e. The third kappa shape index (κ3) is 3.22. The van der Waals surface area contributed by atoms with E-state index in [1.807, 2.05) is 30.8 Å². The molecule has 1 aromatic heterocycles. The average molecular weight is 338 g/mol. The number of nitrogens with two attached hydrogens (primary N) is 1. The van der Waals surface area contributed by atoms with Gasteiger partial charge in [-0.1, -0.05) is 22.9 Å². The van der Waals surface area contributed by atoms with Crippen LogP contribution in [0.4, 0.5) is 0 Å². The molecule has 4 nitrogen and oxygen atoms in total. The summed E-state index contributed by atoms with van der Waals surface area (Å²) in [6.45, 7) is 5.08. The topological polar surface area (TPSA) is 53.1 Å². The van der Waals surface area contributed by atoms with Crippen LogP contribution in [0.25, 0.3) is 0 Å². The van der Waals surface area contributed by atoms with Gasteiger partial charge in [-0.3, -0.25) is 4.68 Å². The largest absolute Gasteiger partial charge is 0.487 e. The molecule has 0 spiro atoms. The molecule has 0 unspecified atom stereocenters. The first-order valence-corrected chi connectivity index (χ1v) is 7.48. The van der Waals surface area contributed by atoms with Gasteiger partial charge >= 0.3 is 0 Å². The lowest BCUT2D eigenvalue weighted by Crippen LogP contribution is -2.07. The molecule has 108 valence electrons. The molecule has 0 atom stereocenters. The highest BCUT2D eigenvalue weighted by molar-refractivity contribution is 9.10. The van der Waals surface area contributed by atoms with Gasteiger partial charge in [-0.2, -0.15) is 5.10 Å². The Labute approximate surface area is 128 Å². The lowest BCUT2D eigenvalue weighted by atomic mass is 10.1. The third-order valence-electron chi connectivity index (χ3n) is 3.29. The number of nitrogens with zero attached hydrogens (tertiary/aromatic N) is 2. The summed E-state index contributed by atoms with van der Waals surface area (Å²) in [5.74, 6) is 0.870. The first-order valence-electron chi connectivity index (χ1n) is 6.68. The van der Waals surface area contributed by atoms with Crippen molar-refractivity contribution in [3.05, 3.63) is 45.2 Å². The zero-order valence-corrected chi connectivity index (χ0v) is 13.7. The quantitative estimate of drug-likeness (QED) is 0.911. The molecule has 0 saturated heterocycles. The SMILES string of the molecule is CCc1cc(COc2c(C)cc(Br)cc2CN)n(C)n1. The summed E-state index contributed by atoms with van der Waals surface area (Å²) in [6, 6.07) is 6.12. The first-order chi connectivity index (χ1) is 9.55. The van der Waals surface area contributed by atoms with Crippen LogP contribution in [-0.2, 0) is 26.6 Å². The van der Waals surface area contributed by atoms with Crippen molar-refractivity contribution < 1.29 is 4.74 Å². The number of halogens is 1. The van der Waals surface area contributed by atoms with Crippen molar-refractivity contribution in [1.29, 1.82) is 0 Å². The number of rotatable bonds is 5. The lowest BCUT2D eigenvalue weighted by molar-refractivity contribution is 0.290. The number of benzene rings is 1. The second-order valence-electron chi connectivity index (χ2n) is 4.81. The Hall–Kier alpha value is -1.33. The van der Waals surface area contributed by atoms with E-state index in [0.29, 0.717) is 13.2 Å². The Balaban J connectivity index is 2.20. The fraction of sp³-hybridized carbons (Fsp3) is 0.400. The standard InChI is InChI=1S/C15H20BrN3O/c1-4-13-7-14(19(3)18-13)9-20-15-10(2)5-12(16)6-11(15)8-17/h5-7H,4,8-9,17H2,1-3H3. The summed E-state index contributed by atoms with van der Waals surface area (Å²) in [5.41, 5.74) is 10.0. The molecular weight excluding hydrogens is 318 g/mol. The van der Waals surface area contributed by atoms with Gasteiger partial charge in [0.25, 0.3) is 0 Å². The molecule has 1 aromatic carbocycles.